The molecule has 2 rings (SSSR count). The molecule has 1 aliphatic rings. The van der Waals surface area contributed by atoms with E-state index in [1.54, 1.807) is 6.07 Å². The van der Waals surface area contributed by atoms with Crippen LogP contribution in [-0.4, -0.2) is 28.1 Å². The second kappa shape index (κ2) is 4.12. The van der Waals surface area contributed by atoms with E-state index in [0.29, 0.717) is 12.1 Å². The minimum absolute atomic E-state index is 0.115. The van der Waals surface area contributed by atoms with Gasteiger partial charge in [0.25, 0.3) is 0 Å². The molecule has 16 heavy (non-hydrogen) atoms. The fraction of sp³-hybridized carbons (Fsp3) is 0.500. The van der Waals surface area contributed by atoms with Gasteiger partial charge in [-0.1, -0.05) is 6.07 Å². The van der Waals surface area contributed by atoms with Crippen molar-refractivity contribution in [3.63, 3.8) is 0 Å². The summed E-state index contributed by atoms with van der Waals surface area (Å²) in [5.74, 6) is -0.196. The number of hydrogen-bond donors (Lipinski definition) is 1. The van der Waals surface area contributed by atoms with Gasteiger partial charge in [0.2, 0.25) is 0 Å². The Morgan fingerprint density at radius 1 is 1.50 bits per heavy atom. The van der Waals surface area contributed by atoms with Gasteiger partial charge in [0.1, 0.15) is 5.82 Å². The van der Waals surface area contributed by atoms with E-state index >= 15 is 0 Å². The number of carboxylic acid groups (broad SMARTS) is 1. The average molecular weight is 220 g/mol. The van der Waals surface area contributed by atoms with Gasteiger partial charge in [-0.3, -0.25) is 0 Å². The number of aromatic carboxylic acids is 1. The molecule has 0 saturated heterocycles. The number of carbonyl (C=O) groups is 1. The van der Waals surface area contributed by atoms with Crippen LogP contribution < -0.4 is 4.90 Å². The molecule has 0 amide bonds. The fourth-order valence-electron chi connectivity index (χ4n) is 1.91. The second-order valence-corrected chi connectivity index (χ2v) is 4.42. The van der Waals surface area contributed by atoms with E-state index in [2.05, 4.69) is 23.7 Å². The van der Waals surface area contributed by atoms with Crippen molar-refractivity contribution < 1.29 is 9.90 Å². The maximum Gasteiger partial charge on any atom is 0.354 e. The van der Waals surface area contributed by atoms with Crippen molar-refractivity contribution in [2.45, 2.75) is 38.8 Å². The highest BCUT2D eigenvalue weighted by atomic mass is 16.4. The summed E-state index contributed by atoms with van der Waals surface area (Å²) >= 11 is 0. The van der Waals surface area contributed by atoms with E-state index in [0.717, 1.165) is 5.82 Å². The average Bonchev–Trinajstić information content (AvgIpc) is 3.02. The maximum absolute atomic E-state index is 10.9. The second-order valence-electron chi connectivity index (χ2n) is 4.42. The lowest BCUT2D eigenvalue weighted by molar-refractivity contribution is 0.0690. The zero-order valence-electron chi connectivity index (χ0n) is 9.55. The van der Waals surface area contributed by atoms with E-state index < -0.39 is 5.97 Å². The Hall–Kier alpha value is -1.58. The molecule has 1 saturated carbocycles. The summed E-state index contributed by atoms with van der Waals surface area (Å²) < 4.78 is 0. The first kappa shape index (κ1) is 10.9. The summed E-state index contributed by atoms with van der Waals surface area (Å²) in [6.07, 6.45) is 2.36. The third-order valence-corrected chi connectivity index (χ3v) is 2.71. The highest BCUT2D eigenvalue weighted by molar-refractivity contribution is 5.85. The Kier molecular flexibility index (Phi) is 2.81. The van der Waals surface area contributed by atoms with Gasteiger partial charge in [0.15, 0.2) is 5.69 Å². The van der Waals surface area contributed by atoms with Gasteiger partial charge in [0.05, 0.1) is 0 Å². The van der Waals surface area contributed by atoms with Crippen molar-refractivity contribution >= 4 is 11.8 Å². The molecular weight excluding hydrogens is 204 g/mol. The molecule has 4 nitrogen and oxygen atoms in total. The highest BCUT2D eigenvalue weighted by Crippen LogP contribution is 2.32. The molecule has 0 aromatic carbocycles. The Morgan fingerprint density at radius 3 is 2.69 bits per heavy atom. The van der Waals surface area contributed by atoms with Gasteiger partial charge in [-0.15, -0.1) is 0 Å². The van der Waals surface area contributed by atoms with Crippen LogP contribution >= 0.6 is 0 Å². The molecule has 4 heteroatoms. The quantitative estimate of drug-likeness (QED) is 0.844. The van der Waals surface area contributed by atoms with Crippen LogP contribution in [0.3, 0.4) is 0 Å². The number of anilines is 1. The topological polar surface area (TPSA) is 53.4 Å². The van der Waals surface area contributed by atoms with Gasteiger partial charge >= 0.3 is 5.97 Å². The van der Waals surface area contributed by atoms with Crippen molar-refractivity contribution in [2.24, 2.45) is 0 Å². The molecule has 86 valence electrons. The number of pyridine rings is 1. The lowest BCUT2D eigenvalue weighted by Gasteiger charge is -2.27. The van der Waals surface area contributed by atoms with Crippen molar-refractivity contribution in [2.75, 3.05) is 4.90 Å². The normalized spacial score (nSPS) is 15.2. The first-order valence-corrected chi connectivity index (χ1v) is 5.58. The fourth-order valence-corrected chi connectivity index (χ4v) is 1.91. The number of carboxylic acids is 1. The number of aromatic nitrogens is 1. The van der Waals surface area contributed by atoms with Gasteiger partial charge < -0.3 is 10.0 Å². The monoisotopic (exact) mass is 220 g/mol. The smallest absolute Gasteiger partial charge is 0.354 e. The first-order chi connectivity index (χ1) is 7.59. The van der Waals surface area contributed by atoms with E-state index in [-0.39, 0.29) is 5.69 Å². The lowest BCUT2D eigenvalue weighted by atomic mass is 10.2. The Balaban J connectivity index is 2.30. The van der Waals surface area contributed by atoms with Crippen LogP contribution in [0.2, 0.25) is 0 Å². The summed E-state index contributed by atoms with van der Waals surface area (Å²) in [6.45, 7) is 4.21. The van der Waals surface area contributed by atoms with Crippen LogP contribution in [-0.2, 0) is 0 Å². The van der Waals surface area contributed by atoms with Crippen molar-refractivity contribution in [3.05, 3.63) is 23.9 Å². The third kappa shape index (κ3) is 2.15. The summed E-state index contributed by atoms with van der Waals surface area (Å²) in [5.41, 5.74) is 0.115. The Bertz CT molecular complexity index is 398. The molecule has 0 bridgehead atoms. The van der Waals surface area contributed by atoms with Crippen molar-refractivity contribution in [1.29, 1.82) is 0 Å². The van der Waals surface area contributed by atoms with Crippen molar-refractivity contribution in [1.82, 2.24) is 4.98 Å². The highest BCUT2D eigenvalue weighted by Gasteiger charge is 2.31. The number of rotatable bonds is 4. The zero-order chi connectivity index (χ0) is 11.7. The standard InChI is InChI=1S/C12H16N2O2/c1-8(2)14(9-6-7-9)11-5-3-4-10(13-11)12(15)16/h3-5,8-9H,6-7H2,1-2H3,(H,15,16). The molecule has 0 aliphatic heterocycles. The van der Waals surface area contributed by atoms with Crippen LogP contribution in [0.15, 0.2) is 18.2 Å². The molecule has 1 heterocycles. The van der Waals surface area contributed by atoms with Crippen LogP contribution in [0.1, 0.15) is 37.2 Å². The predicted octanol–water partition coefficient (Wildman–Crippen LogP) is 2.16. The van der Waals surface area contributed by atoms with Crippen molar-refractivity contribution in [3.8, 4) is 0 Å². The van der Waals surface area contributed by atoms with Gasteiger partial charge in [0, 0.05) is 12.1 Å². The van der Waals surface area contributed by atoms with E-state index in [9.17, 15) is 4.79 Å². The Morgan fingerprint density at radius 2 is 2.19 bits per heavy atom. The van der Waals surface area contributed by atoms with Crippen LogP contribution in [0, 0.1) is 0 Å². The molecule has 1 aromatic heterocycles. The Labute approximate surface area is 94.9 Å². The molecule has 0 radical (unpaired) electrons. The summed E-state index contributed by atoms with van der Waals surface area (Å²) in [4.78, 5) is 17.2. The van der Waals surface area contributed by atoms with Crippen LogP contribution in [0.4, 0.5) is 5.82 Å². The molecular formula is C12H16N2O2. The van der Waals surface area contributed by atoms with E-state index in [1.807, 2.05) is 6.07 Å². The SMILES string of the molecule is CC(C)N(c1cccc(C(=O)O)n1)C1CC1. The maximum atomic E-state index is 10.9. The van der Waals surface area contributed by atoms with E-state index in [4.69, 9.17) is 5.11 Å². The summed E-state index contributed by atoms with van der Waals surface area (Å²) in [5, 5.41) is 8.90. The molecule has 0 atom stereocenters. The van der Waals surface area contributed by atoms with Crippen LogP contribution in [0.5, 0.6) is 0 Å². The molecule has 1 aromatic rings. The lowest BCUT2D eigenvalue weighted by Crippen LogP contribution is -2.33. The largest absolute Gasteiger partial charge is 0.477 e. The number of hydrogen-bond acceptors (Lipinski definition) is 3. The minimum Gasteiger partial charge on any atom is -0.477 e. The van der Waals surface area contributed by atoms with Gasteiger partial charge in [-0.2, -0.15) is 0 Å². The first-order valence-electron chi connectivity index (χ1n) is 5.58. The summed E-state index contributed by atoms with van der Waals surface area (Å²) in [7, 11) is 0. The minimum atomic E-state index is -0.971. The van der Waals surface area contributed by atoms with Gasteiger partial charge in [-0.25, -0.2) is 9.78 Å². The predicted molar refractivity (Wildman–Crippen MR) is 61.8 cm³/mol. The summed E-state index contributed by atoms with van der Waals surface area (Å²) in [6, 6.07) is 6.05. The third-order valence-electron chi connectivity index (χ3n) is 2.71. The molecule has 1 fully saturated rings. The van der Waals surface area contributed by atoms with Crippen LogP contribution in [0.25, 0.3) is 0 Å². The number of nitrogens with zero attached hydrogens (tertiary/aromatic N) is 2. The molecule has 0 spiro atoms. The molecule has 0 unspecified atom stereocenters. The molecule has 1 aliphatic carbocycles. The zero-order valence-corrected chi connectivity index (χ0v) is 9.55. The van der Waals surface area contributed by atoms with E-state index in [1.165, 1.54) is 18.9 Å². The molecule has 1 N–H and O–H groups in total. The van der Waals surface area contributed by atoms with Gasteiger partial charge in [-0.05, 0) is 38.8 Å².